The highest BCUT2D eigenvalue weighted by Gasteiger charge is 2.27. The third-order valence-corrected chi connectivity index (χ3v) is 8.46. The smallest absolute Gasteiger partial charge is 0.194 e. The first-order valence-electron chi connectivity index (χ1n) is 15.1. The van der Waals surface area contributed by atoms with Gasteiger partial charge >= 0.3 is 0 Å². The van der Waals surface area contributed by atoms with Gasteiger partial charge in [0, 0.05) is 53.3 Å². The topological polar surface area (TPSA) is 57.3 Å². The Labute approximate surface area is 265 Å². The van der Waals surface area contributed by atoms with Crippen LogP contribution in [0.2, 0.25) is 0 Å². The molecule has 0 bridgehead atoms. The van der Waals surface area contributed by atoms with Crippen LogP contribution in [0.25, 0.3) is 39.0 Å². The van der Waals surface area contributed by atoms with Gasteiger partial charge in [0.25, 0.3) is 0 Å². The van der Waals surface area contributed by atoms with E-state index < -0.39 is 0 Å². The fourth-order valence-corrected chi connectivity index (χ4v) is 6.40. The van der Waals surface area contributed by atoms with Crippen LogP contribution in [0, 0.1) is 0 Å². The summed E-state index contributed by atoms with van der Waals surface area (Å²) < 4.78 is 17.2. The van der Waals surface area contributed by atoms with E-state index >= 15 is 0 Å². The highest BCUT2D eigenvalue weighted by Crippen LogP contribution is 2.52. The van der Waals surface area contributed by atoms with Crippen LogP contribution in [0.5, 0.6) is 23.0 Å². The first-order valence-corrected chi connectivity index (χ1v) is 15.1. The van der Waals surface area contributed by atoms with Crippen molar-refractivity contribution in [3.8, 4) is 40.2 Å². The van der Waals surface area contributed by atoms with Crippen LogP contribution in [0.3, 0.4) is 0 Å². The summed E-state index contributed by atoms with van der Waals surface area (Å²) in [4.78, 5) is 11.6. The zero-order chi connectivity index (χ0) is 30.6. The predicted molar refractivity (Wildman–Crippen MR) is 182 cm³/mol. The number of aromatic nitrogens is 4. The SMILES string of the molecule is Cn1ccnc1-c1cccc(N(c2ccc3c4ccccc4n(-c4ccccn4)c3c2)c2cccc3c2Oc2ccccc2O3)c1. The zero-order valence-corrected chi connectivity index (χ0v) is 24.9. The number of hydrogen-bond donors (Lipinski definition) is 0. The summed E-state index contributed by atoms with van der Waals surface area (Å²) in [5.41, 5.74) is 5.92. The molecule has 0 saturated heterocycles. The summed E-state index contributed by atoms with van der Waals surface area (Å²) in [6.07, 6.45) is 5.61. The average molecular weight is 598 g/mol. The van der Waals surface area contributed by atoms with E-state index in [9.17, 15) is 0 Å². The van der Waals surface area contributed by atoms with Gasteiger partial charge in [-0.3, -0.25) is 4.57 Å². The van der Waals surface area contributed by atoms with E-state index in [-0.39, 0.29) is 0 Å². The number of rotatable bonds is 5. The summed E-state index contributed by atoms with van der Waals surface area (Å²) in [7, 11) is 2.01. The van der Waals surface area contributed by atoms with Crippen LogP contribution in [-0.2, 0) is 7.05 Å². The van der Waals surface area contributed by atoms with Crippen molar-refractivity contribution in [2.45, 2.75) is 0 Å². The van der Waals surface area contributed by atoms with Crippen molar-refractivity contribution in [3.63, 3.8) is 0 Å². The van der Waals surface area contributed by atoms with Crippen LogP contribution in [0.1, 0.15) is 0 Å². The van der Waals surface area contributed by atoms with Gasteiger partial charge in [0.05, 0.1) is 16.7 Å². The summed E-state index contributed by atoms with van der Waals surface area (Å²) in [5.74, 6) is 4.42. The second-order valence-electron chi connectivity index (χ2n) is 11.2. The van der Waals surface area contributed by atoms with Gasteiger partial charge in [-0.05, 0) is 66.7 Å². The maximum absolute atomic E-state index is 6.58. The van der Waals surface area contributed by atoms with Gasteiger partial charge in [-0.2, -0.15) is 0 Å². The number of hydrogen-bond acceptors (Lipinski definition) is 5. The van der Waals surface area contributed by atoms with Crippen molar-refractivity contribution >= 4 is 38.9 Å². The number of para-hydroxylation sites is 4. The Bertz CT molecular complexity index is 2410. The molecule has 1 aliphatic heterocycles. The molecule has 3 aromatic heterocycles. The Kier molecular flexibility index (Phi) is 5.89. The standard InChI is InChI=1S/C39H27N5O2/c1-42-23-22-41-39(42)26-10-8-11-27(24-26)43(32-14-9-17-36-38(32)46-35-16-5-4-15-34(35)45-36)28-19-20-30-29-12-2-3-13-31(29)44(33(30)25-28)37-18-6-7-21-40-37/h2-25H,1H3. The molecule has 0 aliphatic carbocycles. The lowest BCUT2D eigenvalue weighted by atomic mass is 10.1. The molecule has 220 valence electrons. The van der Waals surface area contributed by atoms with Crippen LogP contribution in [0.4, 0.5) is 17.1 Å². The third kappa shape index (κ3) is 4.13. The first-order chi connectivity index (χ1) is 22.7. The van der Waals surface area contributed by atoms with Crippen LogP contribution in [0.15, 0.2) is 146 Å². The summed E-state index contributed by atoms with van der Waals surface area (Å²) in [6, 6.07) is 43.3. The Balaban J connectivity index is 1.30. The minimum atomic E-state index is 0.647. The van der Waals surface area contributed by atoms with Crippen molar-refractivity contribution in [1.82, 2.24) is 19.1 Å². The van der Waals surface area contributed by atoms with Gasteiger partial charge in [-0.15, -0.1) is 0 Å². The third-order valence-electron chi connectivity index (χ3n) is 8.46. The molecule has 0 radical (unpaired) electrons. The van der Waals surface area contributed by atoms with Crippen molar-refractivity contribution in [1.29, 1.82) is 0 Å². The van der Waals surface area contributed by atoms with Crippen LogP contribution in [-0.4, -0.2) is 19.1 Å². The molecule has 0 atom stereocenters. The summed E-state index contributed by atoms with van der Waals surface area (Å²) in [5, 5.41) is 2.32. The normalized spacial score (nSPS) is 11.9. The molecule has 1 aliphatic rings. The number of anilines is 3. The lowest BCUT2D eigenvalue weighted by Crippen LogP contribution is -2.13. The molecule has 0 fully saturated rings. The molecule has 0 amide bonds. The van der Waals surface area contributed by atoms with Gasteiger partial charge in [-0.1, -0.05) is 60.7 Å². The maximum Gasteiger partial charge on any atom is 0.194 e. The van der Waals surface area contributed by atoms with E-state index in [1.165, 1.54) is 5.39 Å². The minimum Gasteiger partial charge on any atom is -0.449 e. The molecule has 7 heteroatoms. The van der Waals surface area contributed by atoms with E-state index in [0.717, 1.165) is 50.7 Å². The minimum absolute atomic E-state index is 0.647. The van der Waals surface area contributed by atoms with E-state index in [1.54, 1.807) is 0 Å². The Hall–Kier alpha value is -6.34. The number of imidazole rings is 1. The van der Waals surface area contributed by atoms with Gasteiger partial charge in [0.15, 0.2) is 23.0 Å². The van der Waals surface area contributed by atoms with E-state index in [0.29, 0.717) is 23.0 Å². The number of benzene rings is 5. The molecule has 5 aromatic carbocycles. The Morgan fingerprint density at radius 3 is 2.20 bits per heavy atom. The van der Waals surface area contributed by atoms with Crippen LogP contribution < -0.4 is 14.4 Å². The number of nitrogens with zero attached hydrogens (tertiary/aromatic N) is 5. The number of ether oxygens (including phenoxy) is 2. The van der Waals surface area contributed by atoms with Gasteiger partial charge in [-0.25, -0.2) is 9.97 Å². The van der Waals surface area contributed by atoms with Crippen molar-refractivity contribution < 1.29 is 9.47 Å². The maximum atomic E-state index is 6.58. The summed E-state index contributed by atoms with van der Waals surface area (Å²) in [6.45, 7) is 0. The second-order valence-corrected chi connectivity index (χ2v) is 11.2. The molecule has 4 heterocycles. The predicted octanol–water partition coefficient (Wildman–Crippen LogP) is 9.95. The van der Waals surface area contributed by atoms with Gasteiger partial charge in [0.1, 0.15) is 11.6 Å². The molecule has 9 rings (SSSR count). The second kappa shape index (κ2) is 10.4. The molecule has 0 N–H and O–H groups in total. The quantitative estimate of drug-likeness (QED) is 0.198. The first kappa shape index (κ1) is 26.1. The lowest BCUT2D eigenvalue weighted by molar-refractivity contribution is 0.360. The number of pyridine rings is 1. The Morgan fingerprint density at radius 1 is 0.587 bits per heavy atom. The van der Waals surface area contributed by atoms with Crippen LogP contribution >= 0.6 is 0 Å². The molecular weight excluding hydrogens is 570 g/mol. The largest absolute Gasteiger partial charge is 0.449 e. The average Bonchev–Trinajstić information content (AvgIpc) is 3.69. The molecular formula is C39H27N5O2. The number of aryl methyl sites for hydroxylation is 1. The fourth-order valence-electron chi connectivity index (χ4n) is 6.40. The molecule has 0 unspecified atom stereocenters. The van der Waals surface area contributed by atoms with E-state index in [2.05, 4.69) is 87.2 Å². The van der Waals surface area contributed by atoms with Crippen molar-refractivity contribution in [2.24, 2.45) is 7.05 Å². The monoisotopic (exact) mass is 597 g/mol. The molecule has 0 spiro atoms. The molecule has 46 heavy (non-hydrogen) atoms. The van der Waals surface area contributed by atoms with Gasteiger partial charge in [0.2, 0.25) is 0 Å². The van der Waals surface area contributed by atoms with E-state index in [1.807, 2.05) is 84.8 Å². The molecule has 7 nitrogen and oxygen atoms in total. The Morgan fingerprint density at radius 2 is 1.35 bits per heavy atom. The highest BCUT2D eigenvalue weighted by molar-refractivity contribution is 6.10. The van der Waals surface area contributed by atoms with Gasteiger partial charge < -0.3 is 18.9 Å². The molecule has 8 aromatic rings. The summed E-state index contributed by atoms with van der Waals surface area (Å²) >= 11 is 0. The van der Waals surface area contributed by atoms with E-state index in [4.69, 9.17) is 14.5 Å². The highest BCUT2D eigenvalue weighted by atomic mass is 16.6. The number of fused-ring (bicyclic) bond motifs is 5. The fraction of sp³-hybridized carbons (Fsp3) is 0.0256. The zero-order valence-electron chi connectivity index (χ0n) is 24.9. The molecule has 0 saturated carbocycles. The van der Waals surface area contributed by atoms with Crippen molar-refractivity contribution in [3.05, 3.63) is 146 Å². The van der Waals surface area contributed by atoms with Crippen molar-refractivity contribution in [2.75, 3.05) is 4.90 Å². The lowest BCUT2D eigenvalue weighted by Gasteiger charge is -2.30.